The van der Waals surface area contributed by atoms with Crippen LogP contribution in [-0.4, -0.2) is 23.4 Å². The van der Waals surface area contributed by atoms with Crippen molar-refractivity contribution in [2.45, 2.75) is 57.3 Å². The molecular weight excluding hydrogens is 152 g/mol. The molecule has 0 radical (unpaired) electrons. The molecule has 2 unspecified atom stereocenters. The molecule has 4 N–H and O–H groups in total. The monoisotopic (exact) mass is 172 g/mol. The fourth-order valence-electron chi connectivity index (χ4n) is 1.74. The first-order chi connectivity index (χ1) is 5.70. The first-order valence-electron chi connectivity index (χ1n) is 4.90. The maximum Gasteiger partial charge on any atom is 0.117 e. The van der Waals surface area contributed by atoms with E-state index in [1.54, 1.807) is 0 Å². The number of rotatable bonds is 3. The largest absolute Gasteiger partial charge is 0.377 e. The minimum atomic E-state index is -0.730. The van der Waals surface area contributed by atoms with Crippen LogP contribution in [0, 0.1) is 0 Å². The summed E-state index contributed by atoms with van der Waals surface area (Å²) in [5.41, 5.74) is 5.35. The molecule has 0 spiro atoms. The molecule has 3 nitrogen and oxygen atoms in total. The molecule has 12 heavy (non-hydrogen) atoms. The summed E-state index contributed by atoms with van der Waals surface area (Å²) in [7, 11) is 0. The van der Waals surface area contributed by atoms with Crippen LogP contribution in [-0.2, 0) is 0 Å². The Balaban J connectivity index is 2.20. The zero-order valence-electron chi connectivity index (χ0n) is 7.79. The predicted molar refractivity (Wildman–Crippen MR) is 49.7 cm³/mol. The molecule has 1 fully saturated rings. The molecular formula is C9H20N2O. The Morgan fingerprint density at radius 2 is 1.92 bits per heavy atom. The van der Waals surface area contributed by atoms with Gasteiger partial charge < -0.3 is 16.2 Å². The van der Waals surface area contributed by atoms with Gasteiger partial charge in [0.1, 0.15) is 6.23 Å². The SMILES string of the molecule is CC(NC1CCCCC1)C(N)O. The van der Waals surface area contributed by atoms with Gasteiger partial charge in [-0.15, -0.1) is 0 Å². The molecule has 0 aromatic rings. The summed E-state index contributed by atoms with van der Waals surface area (Å²) in [4.78, 5) is 0. The Kier molecular flexibility index (Phi) is 3.98. The molecule has 0 bridgehead atoms. The average Bonchev–Trinajstić information content (AvgIpc) is 2.06. The first-order valence-corrected chi connectivity index (χ1v) is 4.90. The molecule has 0 saturated heterocycles. The highest BCUT2D eigenvalue weighted by Gasteiger charge is 2.17. The molecule has 0 aromatic heterocycles. The van der Waals surface area contributed by atoms with E-state index in [0.717, 1.165) is 0 Å². The normalized spacial score (nSPS) is 25.2. The second-order valence-corrected chi connectivity index (χ2v) is 3.78. The van der Waals surface area contributed by atoms with Crippen LogP contribution < -0.4 is 11.1 Å². The highest BCUT2D eigenvalue weighted by atomic mass is 16.3. The lowest BCUT2D eigenvalue weighted by Gasteiger charge is -2.27. The van der Waals surface area contributed by atoms with Crippen LogP contribution in [0.25, 0.3) is 0 Å². The van der Waals surface area contributed by atoms with Crippen molar-refractivity contribution in [1.29, 1.82) is 0 Å². The van der Waals surface area contributed by atoms with E-state index in [1.165, 1.54) is 32.1 Å². The molecule has 1 aliphatic carbocycles. The second-order valence-electron chi connectivity index (χ2n) is 3.78. The van der Waals surface area contributed by atoms with Gasteiger partial charge in [-0.1, -0.05) is 19.3 Å². The average molecular weight is 172 g/mol. The minimum Gasteiger partial charge on any atom is -0.377 e. The standard InChI is InChI=1S/C9H20N2O/c1-7(9(10)12)11-8-5-3-2-4-6-8/h7-9,11-12H,2-6,10H2,1H3. The van der Waals surface area contributed by atoms with Crippen LogP contribution in [0.5, 0.6) is 0 Å². The third-order valence-electron chi connectivity index (χ3n) is 2.62. The number of aliphatic hydroxyl groups excluding tert-OH is 1. The van der Waals surface area contributed by atoms with Crippen molar-refractivity contribution in [3.63, 3.8) is 0 Å². The summed E-state index contributed by atoms with van der Waals surface area (Å²) in [6.07, 6.45) is 5.72. The zero-order chi connectivity index (χ0) is 8.97. The van der Waals surface area contributed by atoms with E-state index in [-0.39, 0.29) is 6.04 Å². The Labute approximate surface area is 74.3 Å². The third-order valence-corrected chi connectivity index (χ3v) is 2.62. The second kappa shape index (κ2) is 4.80. The van der Waals surface area contributed by atoms with Gasteiger partial charge in [-0.05, 0) is 19.8 Å². The van der Waals surface area contributed by atoms with Crippen molar-refractivity contribution in [3.05, 3.63) is 0 Å². The molecule has 1 rings (SSSR count). The third kappa shape index (κ3) is 3.09. The lowest BCUT2D eigenvalue weighted by atomic mass is 9.95. The van der Waals surface area contributed by atoms with Gasteiger partial charge in [-0.3, -0.25) is 0 Å². The first kappa shape index (κ1) is 9.96. The van der Waals surface area contributed by atoms with E-state index in [4.69, 9.17) is 10.8 Å². The van der Waals surface area contributed by atoms with Crippen molar-refractivity contribution in [3.8, 4) is 0 Å². The molecule has 0 amide bonds. The van der Waals surface area contributed by atoms with Crippen LogP contribution in [0.2, 0.25) is 0 Å². The van der Waals surface area contributed by atoms with Gasteiger partial charge in [-0.2, -0.15) is 0 Å². The fraction of sp³-hybridized carbons (Fsp3) is 1.00. The molecule has 0 aromatic carbocycles. The van der Waals surface area contributed by atoms with Gasteiger partial charge in [-0.25, -0.2) is 0 Å². The van der Waals surface area contributed by atoms with E-state index in [9.17, 15) is 0 Å². The number of nitrogens with one attached hydrogen (secondary N) is 1. The van der Waals surface area contributed by atoms with E-state index in [1.807, 2.05) is 6.92 Å². The van der Waals surface area contributed by atoms with Crippen LogP contribution in [0.15, 0.2) is 0 Å². The summed E-state index contributed by atoms with van der Waals surface area (Å²) in [6.45, 7) is 1.93. The topological polar surface area (TPSA) is 58.3 Å². The van der Waals surface area contributed by atoms with Crippen molar-refractivity contribution >= 4 is 0 Å². The summed E-state index contributed by atoms with van der Waals surface area (Å²) in [5, 5.41) is 12.4. The number of nitrogens with two attached hydrogens (primary N) is 1. The molecule has 0 aliphatic heterocycles. The highest BCUT2D eigenvalue weighted by Crippen LogP contribution is 2.17. The molecule has 72 valence electrons. The molecule has 1 saturated carbocycles. The maximum atomic E-state index is 9.07. The van der Waals surface area contributed by atoms with Gasteiger partial charge >= 0.3 is 0 Å². The lowest BCUT2D eigenvalue weighted by Crippen LogP contribution is -2.47. The smallest absolute Gasteiger partial charge is 0.117 e. The van der Waals surface area contributed by atoms with Crippen LogP contribution in [0.3, 0.4) is 0 Å². The highest BCUT2D eigenvalue weighted by molar-refractivity contribution is 4.76. The summed E-state index contributed by atoms with van der Waals surface area (Å²) < 4.78 is 0. The van der Waals surface area contributed by atoms with E-state index >= 15 is 0 Å². The van der Waals surface area contributed by atoms with Crippen LogP contribution in [0.4, 0.5) is 0 Å². The fourth-order valence-corrected chi connectivity index (χ4v) is 1.74. The molecule has 1 aliphatic rings. The summed E-state index contributed by atoms with van der Waals surface area (Å²) in [6, 6.07) is 0.597. The molecule has 3 heteroatoms. The number of hydrogen-bond acceptors (Lipinski definition) is 3. The quantitative estimate of drug-likeness (QED) is 0.546. The van der Waals surface area contributed by atoms with Crippen molar-refractivity contribution in [2.24, 2.45) is 5.73 Å². The minimum absolute atomic E-state index is 0.0214. The Hall–Kier alpha value is -0.120. The molecule has 2 atom stereocenters. The van der Waals surface area contributed by atoms with Crippen molar-refractivity contribution < 1.29 is 5.11 Å². The van der Waals surface area contributed by atoms with Gasteiger partial charge in [0.15, 0.2) is 0 Å². The van der Waals surface area contributed by atoms with Gasteiger partial charge in [0.25, 0.3) is 0 Å². The van der Waals surface area contributed by atoms with Gasteiger partial charge in [0.2, 0.25) is 0 Å². The Morgan fingerprint density at radius 3 is 2.42 bits per heavy atom. The summed E-state index contributed by atoms with van der Waals surface area (Å²) >= 11 is 0. The van der Waals surface area contributed by atoms with Crippen LogP contribution >= 0.6 is 0 Å². The maximum absolute atomic E-state index is 9.07. The van der Waals surface area contributed by atoms with Crippen LogP contribution in [0.1, 0.15) is 39.0 Å². The Bertz CT molecular complexity index is 122. The van der Waals surface area contributed by atoms with Crippen molar-refractivity contribution in [2.75, 3.05) is 0 Å². The van der Waals surface area contributed by atoms with Gasteiger partial charge in [0, 0.05) is 12.1 Å². The number of hydrogen-bond donors (Lipinski definition) is 3. The molecule has 0 heterocycles. The van der Waals surface area contributed by atoms with Gasteiger partial charge in [0.05, 0.1) is 0 Å². The van der Waals surface area contributed by atoms with E-state index in [0.29, 0.717) is 6.04 Å². The predicted octanol–water partition coefficient (Wildman–Crippen LogP) is 0.574. The number of aliphatic hydroxyl groups is 1. The van der Waals surface area contributed by atoms with E-state index < -0.39 is 6.23 Å². The van der Waals surface area contributed by atoms with E-state index in [2.05, 4.69) is 5.32 Å². The van der Waals surface area contributed by atoms with Crippen molar-refractivity contribution in [1.82, 2.24) is 5.32 Å². The summed E-state index contributed by atoms with van der Waals surface area (Å²) in [5.74, 6) is 0. The lowest BCUT2D eigenvalue weighted by molar-refractivity contribution is 0.130. The zero-order valence-corrected chi connectivity index (χ0v) is 7.79. The Morgan fingerprint density at radius 1 is 1.33 bits per heavy atom.